The molecule has 2 N–H and O–H groups in total. The lowest BCUT2D eigenvalue weighted by atomic mass is 10.1. The Morgan fingerprint density at radius 3 is 2.52 bits per heavy atom. The third kappa shape index (κ3) is 5.70. The number of aliphatic hydroxyl groups excluding tert-OH is 1. The number of anilines is 1. The van der Waals surface area contributed by atoms with Gasteiger partial charge in [0.15, 0.2) is 11.5 Å². The Bertz CT molecular complexity index is 926. The maximum absolute atomic E-state index is 11.4. The second kappa shape index (κ2) is 8.88. The number of nitrogens with one attached hydrogen (secondary N) is 1. The van der Waals surface area contributed by atoms with Crippen LogP contribution in [0.3, 0.4) is 0 Å². The molecule has 0 bridgehead atoms. The van der Waals surface area contributed by atoms with Crippen molar-refractivity contribution < 1.29 is 23.0 Å². The van der Waals surface area contributed by atoms with Gasteiger partial charge in [-0.25, -0.2) is 8.42 Å². The van der Waals surface area contributed by atoms with Gasteiger partial charge in [0.05, 0.1) is 38.8 Å². The fourth-order valence-corrected chi connectivity index (χ4v) is 3.14. The zero-order valence-corrected chi connectivity index (χ0v) is 16.6. The van der Waals surface area contributed by atoms with E-state index in [4.69, 9.17) is 9.47 Å². The van der Waals surface area contributed by atoms with Gasteiger partial charge in [-0.2, -0.15) is 0 Å². The van der Waals surface area contributed by atoms with Gasteiger partial charge in [-0.1, -0.05) is 18.2 Å². The fourth-order valence-electron chi connectivity index (χ4n) is 2.52. The summed E-state index contributed by atoms with van der Waals surface area (Å²) in [6, 6.07) is 10.4. The summed E-state index contributed by atoms with van der Waals surface area (Å²) in [5.74, 6) is 1.12. The number of rotatable bonds is 8. The number of hydrogen-bond acceptors (Lipinski definition) is 6. The van der Waals surface area contributed by atoms with Crippen LogP contribution in [-0.4, -0.2) is 46.8 Å². The van der Waals surface area contributed by atoms with Gasteiger partial charge in [0.25, 0.3) is 0 Å². The van der Waals surface area contributed by atoms with Crippen molar-refractivity contribution in [3.8, 4) is 11.5 Å². The Labute approximate surface area is 159 Å². The first kappa shape index (κ1) is 20.7. The van der Waals surface area contributed by atoms with Gasteiger partial charge in [0, 0.05) is 6.21 Å². The van der Waals surface area contributed by atoms with E-state index in [1.807, 2.05) is 6.07 Å². The number of aliphatic imine (C=N–C) groups is 1. The number of hydrogen-bond donors (Lipinski definition) is 2. The number of methoxy groups -OCH3 is 2. The predicted molar refractivity (Wildman–Crippen MR) is 107 cm³/mol. The summed E-state index contributed by atoms with van der Waals surface area (Å²) in [6.45, 7) is 1.96. The lowest BCUT2D eigenvalue weighted by Crippen LogP contribution is -2.11. The maximum atomic E-state index is 11.4. The quantitative estimate of drug-likeness (QED) is 0.673. The highest BCUT2D eigenvalue weighted by Crippen LogP contribution is 2.30. The summed E-state index contributed by atoms with van der Waals surface area (Å²) in [4.78, 5) is 4.29. The smallest absolute Gasteiger partial charge is 0.229 e. The average Bonchev–Trinajstić information content (AvgIpc) is 2.62. The summed E-state index contributed by atoms with van der Waals surface area (Å²) in [5, 5.41) is 10.4. The first-order chi connectivity index (χ1) is 12.7. The van der Waals surface area contributed by atoms with E-state index in [1.165, 1.54) is 7.11 Å². The van der Waals surface area contributed by atoms with Crippen molar-refractivity contribution in [2.45, 2.75) is 13.0 Å². The zero-order chi connectivity index (χ0) is 20.0. The first-order valence-electron chi connectivity index (χ1n) is 8.22. The predicted octanol–water partition coefficient (Wildman–Crippen LogP) is 2.54. The molecule has 27 heavy (non-hydrogen) atoms. The van der Waals surface area contributed by atoms with Crippen LogP contribution in [0, 0.1) is 6.92 Å². The normalized spacial score (nSPS) is 12.8. The van der Waals surface area contributed by atoms with E-state index in [2.05, 4.69) is 9.71 Å². The number of benzene rings is 2. The van der Waals surface area contributed by atoms with Crippen LogP contribution in [0.2, 0.25) is 0 Å². The van der Waals surface area contributed by atoms with E-state index in [-0.39, 0.29) is 6.54 Å². The van der Waals surface area contributed by atoms with E-state index in [0.717, 1.165) is 17.4 Å². The molecule has 0 saturated heterocycles. The van der Waals surface area contributed by atoms with Gasteiger partial charge in [0.1, 0.15) is 0 Å². The molecule has 146 valence electrons. The van der Waals surface area contributed by atoms with Crippen molar-refractivity contribution in [1.29, 1.82) is 0 Å². The standard InChI is InChI=1S/C19H24N2O5S/c1-13-15(6-5-7-16(13)21-27(4,23)24)11-20-12-17(22)14-8-9-18(25-2)19(10-14)26-3/h5-11,17,21-22H,12H2,1-4H3. The van der Waals surface area contributed by atoms with Gasteiger partial charge < -0.3 is 14.6 Å². The minimum atomic E-state index is -3.36. The Kier molecular flexibility index (Phi) is 6.81. The molecule has 0 spiro atoms. The van der Waals surface area contributed by atoms with Gasteiger partial charge in [0.2, 0.25) is 10.0 Å². The van der Waals surface area contributed by atoms with E-state index in [0.29, 0.717) is 22.7 Å². The second-order valence-corrected chi connectivity index (χ2v) is 7.77. The molecule has 0 saturated carbocycles. The fraction of sp³-hybridized carbons (Fsp3) is 0.316. The summed E-state index contributed by atoms with van der Waals surface area (Å²) < 4.78 is 35.7. The van der Waals surface area contributed by atoms with E-state index < -0.39 is 16.1 Å². The van der Waals surface area contributed by atoms with Crippen LogP contribution in [0.5, 0.6) is 11.5 Å². The zero-order valence-electron chi connectivity index (χ0n) is 15.8. The Morgan fingerprint density at radius 2 is 1.89 bits per heavy atom. The van der Waals surface area contributed by atoms with Crippen LogP contribution in [0.25, 0.3) is 0 Å². The minimum absolute atomic E-state index is 0.151. The molecule has 8 heteroatoms. The van der Waals surface area contributed by atoms with Crippen molar-refractivity contribution in [1.82, 2.24) is 0 Å². The molecule has 7 nitrogen and oxygen atoms in total. The second-order valence-electron chi connectivity index (χ2n) is 6.02. The molecule has 1 atom stereocenters. The van der Waals surface area contributed by atoms with Crippen LogP contribution in [0.4, 0.5) is 5.69 Å². The van der Waals surface area contributed by atoms with Crippen molar-refractivity contribution in [3.63, 3.8) is 0 Å². The average molecular weight is 392 g/mol. The molecule has 2 aromatic rings. The number of aliphatic hydroxyl groups is 1. The molecule has 0 amide bonds. The number of nitrogens with zero attached hydrogens (tertiary/aromatic N) is 1. The molecule has 0 heterocycles. The highest BCUT2D eigenvalue weighted by atomic mass is 32.2. The van der Waals surface area contributed by atoms with E-state index in [1.54, 1.807) is 50.6 Å². The van der Waals surface area contributed by atoms with Gasteiger partial charge >= 0.3 is 0 Å². The molecule has 0 radical (unpaired) electrons. The van der Waals surface area contributed by atoms with Crippen LogP contribution < -0.4 is 14.2 Å². The number of ether oxygens (including phenoxy) is 2. The minimum Gasteiger partial charge on any atom is -0.493 e. The monoisotopic (exact) mass is 392 g/mol. The van der Waals surface area contributed by atoms with E-state index in [9.17, 15) is 13.5 Å². The summed E-state index contributed by atoms with van der Waals surface area (Å²) in [6.07, 6.45) is 1.91. The highest BCUT2D eigenvalue weighted by Gasteiger charge is 2.11. The van der Waals surface area contributed by atoms with Gasteiger partial charge in [-0.05, 0) is 41.8 Å². The SMILES string of the molecule is COc1ccc(C(O)CN=Cc2cccc(NS(C)(=O)=O)c2C)cc1OC. The molecule has 0 aliphatic heterocycles. The molecule has 0 aliphatic rings. The molecule has 2 rings (SSSR count). The van der Waals surface area contributed by atoms with Gasteiger partial charge in [-0.15, -0.1) is 0 Å². The van der Waals surface area contributed by atoms with Crippen molar-refractivity contribution >= 4 is 21.9 Å². The van der Waals surface area contributed by atoms with Crippen molar-refractivity contribution in [2.24, 2.45) is 4.99 Å². The third-order valence-electron chi connectivity index (χ3n) is 3.97. The molecule has 0 aliphatic carbocycles. The molecular weight excluding hydrogens is 368 g/mol. The maximum Gasteiger partial charge on any atom is 0.229 e. The van der Waals surface area contributed by atoms with Crippen molar-refractivity contribution in [3.05, 3.63) is 53.1 Å². The summed E-state index contributed by atoms with van der Waals surface area (Å²) in [7, 11) is -0.272. The Balaban J connectivity index is 2.12. The molecule has 1 unspecified atom stereocenters. The van der Waals surface area contributed by atoms with Crippen LogP contribution in [0.15, 0.2) is 41.4 Å². The lowest BCUT2D eigenvalue weighted by Gasteiger charge is -2.13. The molecule has 0 fully saturated rings. The molecule has 2 aromatic carbocycles. The molecular formula is C19H24N2O5S. The van der Waals surface area contributed by atoms with Gasteiger partial charge in [-0.3, -0.25) is 9.71 Å². The molecule has 0 aromatic heterocycles. The van der Waals surface area contributed by atoms with Crippen LogP contribution >= 0.6 is 0 Å². The lowest BCUT2D eigenvalue weighted by molar-refractivity contribution is 0.187. The van der Waals surface area contributed by atoms with Crippen LogP contribution in [0.1, 0.15) is 22.8 Å². The van der Waals surface area contributed by atoms with E-state index >= 15 is 0 Å². The van der Waals surface area contributed by atoms with Crippen LogP contribution in [-0.2, 0) is 10.0 Å². The van der Waals surface area contributed by atoms with Crippen molar-refractivity contribution in [2.75, 3.05) is 31.7 Å². The first-order valence-corrected chi connectivity index (χ1v) is 10.1. The Morgan fingerprint density at radius 1 is 1.19 bits per heavy atom. The largest absolute Gasteiger partial charge is 0.493 e. The topological polar surface area (TPSA) is 97.2 Å². The third-order valence-corrected chi connectivity index (χ3v) is 4.56. The number of sulfonamides is 1. The Hall–Kier alpha value is -2.58. The summed E-state index contributed by atoms with van der Waals surface area (Å²) in [5.41, 5.74) is 2.69. The highest BCUT2D eigenvalue weighted by molar-refractivity contribution is 7.92. The summed E-state index contributed by atoms with van der Waals surface area (Å²) >= 11 is 0.